The minimum absolute atomic E-state index is 0.143. The first-order valence-corrected chi connectivity index (χ1v) is 9.70. The number of benzene rings is 1. The number of halogens is 1. The Kier molecular flexibility index (Phi) is 4.81. The first-order chi connectivity index (χ1) is 13.1. The van der Waals surface area contributed by atoms with Crippen molar-refractivity contribution >= 4 is 11.9 Å². The van der Waals surface area contributed by atoms with Gasteiger partial charge in [0.2, 0.25) is 11.9 Å². The number of likely N-dealkylation sites (tertiary alicyclic amines) is 1. The summed E-state index contributed by atoms with van der Waals surface area (Å²) in [7, 11) is 0. The van der Waals surface area contributed by atoms with E-state index in [0.717, 1.165) is 37.8 Å². The molecule has 27 heavy (non-hydrogen) atoms. The van der Waals surface area contributed by atoms with E-state index in [1.54, 1.807) is 12.1 Å². The van der Waals surface area contributed by atoms with E-state index in [9.17, 15) is 9.18 Å². The van der Waals surface area contributed by atoms with Crippen LogP contribution < -0.4 is 4.90 Å². The van der Waals surface area contributed by atoms with Crippen molar-refractivity contribution in [2.75, 3.05) is 24.5 Å². The van der Waals surface area contributed by atoms with Crippen LogP contribution in [0, 0.1) is 11.2 Å². The fraction of sp³-hybridized carbons (Fsp3) is 0.476. The third-order valence-corrected chi connectivity index (χ3v) is 5.88. The van der Waals surface area contributed by atoms with E-state index < -0.39 is 5.41 Å². The highest BCUT2D eigenvalue weighted by Gasteiger charge is 2.48. The van der Waals surface area contributed by atoms with Gasteiger partial charge in [-0.05, 0) is 37.3 Å². The van der Waals surface area contributed by atoms with Crippen LogP contribution in [-0.4, -0.2) is 40.4 Å². The predicted molar refractivity (Wildman–Crippen MR) is 102 cm³/mol. The van der Waals surface area contributed by atoms with Crippen LogP contribution in [0.25, 0.3) is 0 Å². The van der Waals surface area contributed by atoms with E-state index in [1.165, 1.54) is 6.07 Å². The summed E-state index contributed by atoms with van der Waals surface area (Å²) in [6.45, 7) is 4.54. The van der Waals surface area contributed by atoms with Crippen LogP contribution in [0.4, 0.5) is 10.3 Å². The summed E-state index contributed by atoms with van der Waals surface area (Å²) in [5.41, 5.74) is 1.30. The molecule has 0 N–H and O–H groups in total. The molecule has 0 bridgehead atoms. The van der Waals surface area contributed by atoms with E-state index in [4.69, 9.17) is 0 Å². The fourth-order valence-electron chi connectivity index (χ4n) is 4.25. The highest BCUT2D eigenvalue weighted by Crippen LogP contribution is 2.41. The Hall–Kier alpha value is -2.50. The number of hydrogen-bond acceptors (Lipinski definition) is 4. The molecule has 2 aromatic rings. The molecular formula is C21H25FN4O. The Balaban J connectivity index is 1.49. The molecule has 1 spiro atoms. The normalized spacial score (nSPS) is 22.7. The van der Waals surface area contributed by atoms with Gasteiger partial charge in [0, 0.05) is 44.1 Å². The standard InChI is InChI=1S/C21H25FN4O/c1-2-16-12-23-20(24-13-16)26-11-9-21(15-26)8-5-10-25(19(21)27)14-17-6-3-4-7-18(17)22/h3-4,6-7,12-13H,2,5,8-11,14-15H2,1H3. The fourth-order valence-corrected chi connectivity index (χ4v) is 4.25. The highest BCUT2D eigenvalue weighted by molar-refractivity contribution is 5.85. The Labute approximate surface area is 159 Å². The number of carbonyl (C=O) groups is 1. The number of piperidine rings is 1. The molecule has 2 aliphatic rings. The van der Waals surface area contributed by atoms with Gasteiger partial charge in [0.25, 0.3) is 0 Å². The molecule has 0 saturated carbocycles. The van der Waals surface area contributed by atoms with Crippen LogP contribution in [0.3, 0.4) is 0 Å². The van der Waals surface area contributed by atoms with Crippen molar-refractivity contribution < 1.29 is 9.18 Å². The van der Waals surface area contributed by atoms with Gasteiger partial charge in [-0.1, -0.05) is 25.1 Å². The minimum atomic E-state index is -0.393. The van der Waals surface area contributed by atoms with Crippen molar-refractivity contribution in [1.29, 1.82) is 0 Å². The molecule has 0 aliphatic carbocycles. The van der Waals surface area contributed by atoms with Gasteiger partial charge in [-0.3, -0.25) is 4.79 Å². The van der Waals surface area contributed by atoms with Crippen LogP contribution in [0.5, 0.6) is 0 Å². The predicted octanol–water partition coefficient (Wildman–Crippen LogP) is 3.20. The van der Waals surface area contributed by atoms with Crippen LogP contribution >= 0.6 is 0 Å². The monoisotopic (exact) mass is 368 g/mol. The average Bonchev–Trinajstić information content (AvgIpc) is 3.12. The first-order valence-electron chi connectivity index (χ1n) is 9.70. The summed E-state index contributed by atoms with van der Waals surface area (Å²) >= 11 is 0. The number of aromatic nitrogens is 2. The van der Waals surface area contributed by atoms with Gasteiger partial charge in [-0.15, -0.1) is 0 Å². The number of hydrogen-bond donors (Lipinski definition) is 0. The van der Waals surface area contributed by atoms with Crippen LogP contribution in [0.1, 0.15) is 37.3 Å². The lowest BCUT2D eigenvalue weighted by atomic mass is 9.78. The molecular weight excluding hydrogens is 343 g/mol. The number of nitrogens with zero attached hydrogens (tertiary/aromatic N) is 4. The van der Waals surface area contributed by atoms with E-state index in [2.05, 4.69) is 21.8 Å². The third-order valence-electron chi connectivity index (χ3n) is 5.88. The molecule has 1 atom stereocenters. The van der Waals surface area contributed by atoms with E-state index in [0.29, 0.717) is 31.1 Å². The van der Waals surface area contributed by atoms with E-state index in [-0.39, 0.29) is 11.7 Å². The SMILES string of the molecule is CCc1cnc(N2CCC3(CCCN(Cc4ccccc4F)C3=O)C2)nc1. The number of amides is 1. The van der Waals surface area contributed by atoms with Gasteiger partial charge in [0.1, 0.15) is 5.82 Å². The molecule has 3 heterocycles. The summed E-state index contributed by atoms with van der Waals surface area (Å²) in [6, 6.07) is 6.70. The highest BCUT2D eigenvalue weighted by atomic mass is 19.1. The molecule has 1 unspecified atom stereocenters. The zero-order valence-electron chi connectivity index (χ0n) is 15.7. The lowest BCUT2D eigenvalue weighted by Crippen LogP contribution is -2.49. The largest absolute Gasteiger partial charge is 0.340 e. The molecule has 2 saturated heterocycles. The van der Waals surface area contributed by atoms with Gasteiger partial charge < -0.3 is 9.80 Å². The van der Waals surface area contributed by atoms with Gasteiger partial charge in [-0.25, -0.2) is 14.4 Å². The summed E-state index contributed by atoms with van der Waals surface area (Å²) in [4.78, 5) is 26.2. The molecule has 2 fully saturated rings. The topological polar surface area (TPSA) is 49.3 Å². The van der Waals surface area contributed by atoms with Gasteiger partial charge in [0.15, 0.2) is 0 Å². The molecule has 0 radical (unpaired) electrons. The molecule has 1 aromatic heterocycles. The lowest BCUT2D eigenvalue weighted by Gasteiger charge is -2.39. The molecule has 1 aromatic carbocycles. The van der Waals surface area contributed by atoms with Gasteiger partial charge >= 0.3 is 0 Å². The maximum absolute atomic E-state index is 14.0. The van der Waals surface area contributed by atoms with Crippen molar-refractivity contribution in [3.8, 4) is 0 Å². The molecule has 4 rings (SSSR count). The molecule has 5 nitrogen and oxygen atoms in total. The molecule has 2 aliphatic heterocycles. The van der Waals surface area contributed by atoms with E-state index >= 15 is 0 Å². The van der Waals surface area contributed by atoms with E-state index in [1.807, 2.05) is 23.4 Å². The first kappa shape index (κ1) is 17.9. The Morgan fingerprint density at radius 1 is 1.15 bits per heavy atom. The van der Waals surface area contributed by atoms with Crippen molar-refractivity contribution in [1.82, 2.24) is 14.9 Å². The van der Waals surface area contributed by atoms with Crippen LogP contribution in [0.2, 0.25) is 0 Å². The summed E-state index contributed by atoms with van der Waals surface area (Å²) in [6.07, 6.45) is 7.26. The Morgan fingerprint density at radius 3 is 2.67 bits per heavy atom. The zero-order valence-corrected chi connectivity index (χ0v) is 15.7. The third kappa shape index (κ3) is 3.40. The molecule has 1 amide bonds. The van der Waals surface area contributed by atoms with Crippen LogP contribution in [-0.2, 0) is 17.8 Å². The summed E-state index contributed by atoms with van der Waals surface area (Å²) < 4.78 is 14.0. The lowest BCUT2D eigenvalue weighted by molar-refractivity contribution is -0.145. The average molecular weight is 368 g/mol. The maximum Gasteiger partial charge on any atom is 0.230 e. The van der Waals surface area contributed by atoms with Gasteiger partial charge in [0.05, 0.1) is 5.41 Å². The van der Waals surface area contributed by atoms with Gasteiger partial charge in [-0.2, -0.15) is 0 Å². The van der Waals surface area contributed by atoms with Crippen molar-refractivity contribution in [2.45, 2.75) is 39.2 Å². The number of carbonyl (C=O) groups excluding carboxylic acids is 1. The quantitative estimate of drug-likeness (QED) is 0.832. The van der Waals surface area contributed by atoms with Crippen LogP contribution in [0.15, 0.2) is 36.7 Å². The van der Waals surface area contributed by atoms with Crippen molar-refractivity contribution in [2.24, 2.45) is 5.41 Å². The molecule has 142 valence electrons. The Morgan fingerprint density at radius 2 is 1.93 bits per heavy atom. The Bertz CT molecular complexity index is 825. The smallest absolute Gasteiger partial charge is 0.230 e. The second-order valence-corrected chi connectivity index (χ2v) is 7.62. The number of anilines is 1. The second-order valence-electron chi connectivity index (χ2n) is 7.62. The van der Waals surface area contributed by atoms with Crippen molar-refractivity contribution in [3.63, 3.8) is 0 Å². The molecule has 6 heteroatoms. The summed E-state index contributed by atoms with van der Waals surface area (Å²) in [5.74, 6) is 0.593. The van der Waals surface area contributed by atoms with Crippen molar-refractivity contribution in [3.05, 3.63) is 53.6 Å². The summed E-state index contributed by atoms with van der Waals surface area (Å²) in [5, 5.41) is 0. The number of rotatable bonds is 4. The number of aryl methyl sites for hydroxylation is 1. The minimum Gasteiger partial charge on any atom is -0.340 e. The second kappa shape index (κ2) is 7.25. The zero-order chi connectivity index (χ0) is 18.9. The maximum atomic E-state index is 14.0.